The molecule has 1 N–H and O–H groups in total. The van der Waals surface area contributed by atoms with Gasteiger partial charge in [-0.1, -0.05) is 30.0 Å². The van der Waals surface area contributed by atoms with E-state index < -0.39 is 0 Å². The Kier molecular flexibility index (Phi) is 6.89. The van der Waals surface area contributed by atoms with Crippen LogP contribution in [0.1, 0.15) is 0 Å². The van der Waals surface area contributed by atoms with Gasteiger partial charge < -0.3 is 9.88 Å². The molecule has 2 aromatic carbocycles. The number of carbonyl (C=O) groups is 1. The lowest BCUT2D eigenvalue weighted by atomic mass is 10.2. The molecule has 0 bridgehead atoms. The fraction of sp³-hybridized carbons (Fsp3) is 0.211. The maximum atomic E-state index is 13.0. The average molecular weight is 403 g/mol. The third kappa shape index (κ3) is 5.58. The predicted octanol–water partition coefficient (Wildman–Crippen LogP) is 3.62. The Morgan fingerprint density at radius 2 is 1.81 bits per heavy atom. The second-order valence-electron chi connectivity index (χ2n) is 5.67. The largest absolute Gasteiger partial charge is 0.355 e. The number of benzene rings is 2. The normalized spacial score (nSPS) is 10.7. The number of nitrogens with one attached hydrogen (secondary N) is 1. The van der Waals surface area contributed by atoms with Crippen molar-refractivity contribution in [3.63, 3.8) is 0 Å². The number of hydrogen-bond donors (Lipinski definition) is 1. The van der Waals surface area contributed by atoms with E-state index in [0.717, 1.165) is 11.3 Å². The molecule has 1 amide bonds. The van der Waals surface area contributed by atoms with Gasteiger partial charge in [0.15, 0.2) is 11.0 Å². The molecule has 3 rings (SSSR count). The van der Waals surface area contributed by atoms with Crippen LogP contribution in [0.15, 0.2) is 64.6 Å². The molecule has 3 aromatic rings. The summed E-state index contributed by atoms with van der Waals surface area (Å²) in [5.41, 5.74) is 0.778. The van der Waals surface area contributed by atoms with Crippen LogP contribution in [-0.2, 0) is 11.8 Å². The van der Waals surface area contributed by atoms with E-state index in [1.165, 1.54) is 28.8 Å². The van der Waals surface area contributed by atoms with Gasteiger partial charge in [0.05, 0.1) is 5.75 Å². The van der Waals surface area contributed by atoms with Crippen LogP contribution in [-0.4, -0.2) is 38.7 Å². The zero-order valence-electron chi connectivity index (χ0n) is 14.8. The zero-order chi connectivity index (χ0) is 19.1. The molecule has 8 heteroatoms. The highest BCUT2D eigenvalue weighted by Gasteiger charge is 2.13. The SMILES string of the molecule is Cn1c(SCC(=O)NCCSc2ccccc2)nnc1-c1ccc(F)cc1. The second kappa shape index (κ2) is 9.57. The summed E-state index contributed by atoms with van der Waals surface area (Å²) in [6.45, 7) is 0.610. The first kappa shape index (κ1) is 19.4. The molecule has 1 aromatic heterocycles. The Bertz CT molecular complexity index is 884. The summed E-state index contributed by atoms with van der Waals surface area (Å²) < 4.78 is 14.9. The number of rotatable bonds is 8. The van der Waals surface area contributed by atoms with Gasteiger partial charge >= 0.3 is 0 Å². The summed E-state index contributed by atoms with van der Waals surface area (Å²) in [5.74, 6) is 1.39. The molecule has 0 fully saturated rings. The van der Waals surface area contributed by atoms with E-state index >= 15 is 0 Å². The highest BCUT2D eigenvalue weighted by atomic mass is 32.2. The van der Waals surface area contributed by atoms with Gasteiger partial charge in [-0.15, -0.1) is 22.0 Å². The van der Waals surface area contributed by atoms with Crippen LogP contribution in [0, 0.1) is 5.82 Å². The van der Waals surface area contributed by atoms with Crippen molar-refractivity contribution in [2.75, 3.05) is 18.1 Å². The van der Waals surface area contributed by atoms with Crippen LogP contribution < -0.4 is 5.32 Å². The van der Waals surface area contributed by atoms with Crippen molar-refractivity contribution >= 4 is 29.4 Å². The molecule has 0 atom stereocenters. The van der Waals surface area contributed by atoms with Crippen molar-refractivity contribution in [2.45, 2.75) is 10.1 Å². The smallest absolute Gasteiger partial charge is 0.230 e. The lowest BCUT2D eigenvalue weighted by molar-refractivity contribution is -0.118. The molecular formula is C19H19FN4OS2. The van der Waals surface area contributed by atoms with E-state index in [-0.39, 0.29) is 17.5 Å². The molecule has 0 radical (unpaired) electrons. The van der Waals surface area contributed by atoms with E-state index in [1.54, 1.807) is 28.5 Å². The van der Waals surface area contributed by atoms with Gasteiger partial charge in [-0.2, -0.15) is 0 Å². The molecule has 0 aliphatic heterocycles. The summed E-state index contributed by atoms with van der Waals surface area (Å²) in [6, 6.07) is 16.2. The molecule has 27 heavy (non-hydrogen) atoms. The van der Waals surface area contributed by atoms with E-state index in [1.807, 2.05) is 25.2 Å². The molecule has 140 valence electrons. The van der Waals surface area contributed by atoms with Crippen molar-refractivity contribution in [1.29, 1.82) is 0 Å². The maximum absolute atomic E-state index is 13.0. The van der Waals surface area contributed by atoms with Crippen LogP contribution in [0.4, 0.5) is 4.39 Å². The molecule has 0 unspecified atom stereocenters. The van der Waals surface area contributed by atoms with Crippen LogP contribution in [0.3, 0.4) is 0 Å². The van der Waals surface area contributed by atoms with Crippen molar-refractivity contribution in [1.82, 2.24) is 20.1 Å². The highest BCUT2D eigenvalue weighted by molar-refractivity contribution is 7.99. The third-order valence-corrected chi connectivity index (χ3v) is 5.74. The molecular weight excluding hydrogens is 383 g/mol. The Hall–Kier alpha value is -2.32. The number of hydrogen-bond acceptors (Lipinski definition) is 5. The van der Waals surface area contributed by atoms with Crippen molar-refractivity contribution in [2.24, 2.45) is 7.05 Å². The minimum absolute atomic E-state index is 0.0417. The van der Waals surface area contributed by atoms with Crippen molar-refractivity contribution < 1.29 is 9.18 Å². The fourth-order valence-corrected chi connectivity index (χ4v) is 3.88. The average Bonchev–Trinajstić information content (AvgIpc) is 3.05. The Morgan fingerprint density at radius 1 is 1.07 bits per heavy atom. The van der Waals surface area contributed by atoms with E-state index in [0.29, 0.717) is 17.5 Å². The number of thioether (sulfide) groups is 2. The van der Waals surface area contributed by atoms with Gasteiger partial charge in [0, 0.05) is 29.8 Å². The van der Waals surface area contributed by atoms with Gasteiger partial charge in [-0.3, -0.25) is 4.79 Å². The monoisotopic (exact) mass is 402 g/mol. The molecule has 0 saturated carbocycles. The first-order valence-electron chi connectivity index (χ1n) is 8.36. The van der Waals surface area contributed by atoms with Gasteiger partial charge in [0.2, 0.25) is 5.91 Å². The van der Waals surface area contributed by atoms with Gasteiger partial charge in [0.1, 0.15) is 5.82 Å². The fourth-order valence-electron chi connectivity index (χ4n) is 2.35. The standard InChI is InChI=1S/C19H19FN4OS2/c1-24-18(14-7-9-15(20)10-8-14)22-23-19(24)27-13-17(25)21-11-12-26-16-5-3-2-4-6-16/h2-10H,11-13H2,1H3,(H,21,25). The number of halogens is 1. The summed E-state index contributed by atoms with van der Waals surface area (Å²) in [7, 11) is 1.83. The quantitative estimate of drug-likeness (QED) is 0.461. The van der Waals surface area contributed by atoms with Gasteiger partial charge in [-0.05, 0) is 36.4 Å². The van der Waals surface area contributed by atoms with E-state index in [9.17, 15) is 9.18 Å². The molecule has 0 aliphatic rings. The number of amides is 1. The topological polar surface area (TPSA) is 59.8 Å². The minimum Gasteiger partial charge on any atom is -0.355 e. The Morgan fingerprint density at radius 3 is 2.56 bits per heavy atom. The summed E-state index contributed by atoms with van der Waals surface area (Å²) in [4.78, 5) is 13.2. The minimum atomic E-state index is -0.294. The zero-order valence-corrected chi connectivity index (χ0v) is 16.4. The van der Waals surface area contributed by atoms with E-state index in [2.05, 4.69) is 27.6 Å². The molecule has 0 spiro atoms. The Balaban J connectivity index is 1.44. The summed E-state index contributed by atoms with van der Waals surface area (Å²) >= 11 is 3.03. The molecule has 1 heterocycles. The molecule has 0 saturated heterocycles. The number of nitrogens with zero attached hydrogens (tertiary/aromatic N) is 3. The first-order chi connectivity index (χ1) is 13.1. The molecule has 5 nitrogen and oxygen atoms in total. The van der Waals surface area contributed by atoms with Crippen molar-refractivity contribution in [3.05, 3.63) is 60.4 Å². The first-order valence-corrected chi connectivity index (χ1v) is 10.3. The van der Waals surface area contributed by atoms with Crippen molar-refractivity contribution in [3.8, 4) is 11.4 Å². The van der Waals surface area contributed by atoms with Gasteiger partial charge in [-0.25, -0.2) is 4.39 Å². The van der Waals surface area contributed by atoms with Crippen LogP contribution in [0.25, 0.3) is 11.4 Å². The third-order valence-electron chi connectivity index (χ3n) is 3.71. The number of carbonyl (C=O) groups excluding carboxylic acids is 1. The van der Waals surface area contributed by atoms with Crippen LogP contribution in [0.2, 0.25) is 0 Å². The van der Waals surface area contributed by atoms with Gasteiger partial charge in [0.25, 0.3) is 0 Å². The van der Waals surface area contributed by atoms with Crippen LogP contribution >= 0.6 is 23.5 Å². The Labute approximate surface area is 165 Å². The van der Waals surface area contributed by atoms with E-state index in [4.69, 9.17) is 0 Å². The number of aromatic nitrogens is 3. The highest BCUT2D eigenvalue weighted by Crippen LogP contribution is 2.22. The second-order valence-corrected chi connectivity index (χ2v) is 7.78. The van der Waals surface area contributed by atoms with Crippen LogP contribution in [0.5, 0.6) is 0 Å². The summed E-state index contributed by atoms with van der Waals surface area (Å²) in [5, 5.41) is 11.8. The molecule has 0 aliphatic carbocycles. The predicted molar refractivity (Wildman–Crippen MR) is 107 cm³/mol. The lowest BCUT2D eigenvalue weighted by Crippen LogP contribution is -2.27. The summed E-state index contributed by atoms with van der Waals surface area (Å²) in [6.07, 6.45) is 0. The lowest BCUT2D eigenvalue weighted by Gasteiger charge is -2.06. The maximum Gasteiger partial charge on any atom is 0.230 e.